The van der Waals surface area contributed by atoms with E-state index in [2.05, 4.69) is 26.3 Å². The summed E-state index contributed by atoms with van der Waals surface area (Å²) in [5, 5.41) is 7.59. The molecule has 0 bridgehead atoms. The molecule has 3 nitrogen and oxygen atoms in total. The number of aryl methyl sites for hydroxylation is 1. The van der Waals surface area contributed by atoms with Crippen molar-refractivity contribution in [3.63, 3.8) is 0 Å². The molecule has 0 spiro atoms. The standard InChI is InChI=1S/C13H15BrFN3/c1-9-13(14)10(2)18(17-9)7-6-16-12-5-3-4-11(15)8-12/h3-5,8,16H,6-7H2,1-2H3. The highest BCUT2D eigenvalue weighted by Gasteiger charge is 2.07. The summed E-state index contributed by atoms with van der Waals surface area (Å²) in [4.78, 5) is 0. The zero-order valence-corrected chi connectivity index (χ0v) is 12.0. The van der Waals surface area contributed by atoms with Crippen molar-refractivity contribution >= 4 is 21.6 Å². The van der Waals surface area contributed by atoms with Crippen molar-refractivity contribution in [1.82, 2.24) is 9.78 Å². The monoisotopic (exact) mass is 311 g/mol. The summed E-state index contributed by atoms with van der Waals surface area (Å²) in [7, 11) is 0. The highest BCUT2D eigenvalue weighted by molar-refractivity contribution is 9.10. The van der Waals surface area contributed by atoms with Gasteiger partial charge in [-0.3, -0.25) is 4.68 Å². The van der Waals surface area contributed by atoms with E-state index >= 15 is 0 Å². The molecule has 0 fully saturated rings. The Balaban J connectivity index is 1.94. The van der Waals surface area contributed by atoms with Gasteiger partial charge in [0.2, 0.25) is 0 Å². The fourth-order valence-corrected chi connectivity index (χ4v) is 2.08. The van der Waals surface area contributed by atoms with Crippen molar-refractivity contribution in [3.05, 3.63) is 45.9 Å². The molecule has 0 atom stereocenters. The van der Waals surface area contributed by atoms with Crippen LogP contribution in [0.3, 0.4) is 0 Å². The molecule has 1 N–H and O–H groups in total. The Bertz CT molecular complexity index is 551. The minimum Gasteiger partial charge on any atom is -0.383 e. The van der Waals surface area contributed by atoms with Crippen LogP contribution in [0.4, 0.5) is 10.1 Å². The number of nitrogens with one attached hydrogen (secondary N) is 1. The van der Waals surface area contributed by atoms with Gasteiger partial charge in [0, 0.05) is 17.9 Å². The van der Waals surface area contributed by atoms with Gasteiger partial charge in [-0.2, -0.15) is 5.10 Å². The second kappa shape index (κ2) is 5.52. The van der Waals surface area contributed by atoms with Crippen molar-refractivity contribution in [2.75, 3.05) is 11.9 Å². The van der Waals surface area contributed by atoms with E-state index in [1.165, 1.54) is 12.1 Å². The van der Waals surface area contributed by atoms with Crippen molar-refractivity contribution in [3.8, 4) is 0 Å². The van der Waals surface area contributed by atoms with Crippen LogP contribution in [0.15, 0.2) is 28.7 Å². The number of hydrogen-bond acceptors (Lipinski definition) is 2. The summed E-state index contributed by atoms with van der Waals surface area (Å²) >= 11 is 3.49. The summed E-state index contributed by atoms with van der Waals surface area (Å²) < 4.78 is 16.0. The number of anilines is 1. The van der Waals surface area contributed by atoms with Crippen LogP contribution in [0, 0.1) is 19.7 Å². The molecule has 0 unspecified atom stereocenters. The second-order valence-corrected chi connectivity index (χ2v) is 4.94. The number of benzene rings is 1. The maximum absolute atomic E-state index is 13.0. The van der Waals surface area contributed by atoms with Crippen LogP contribution in [0.2, 0.25) is 0 Å². The number of hydrogen-bond donors (Lipinski definition) is 1. The predicted octanol–water partition coefficient (Wildman–Crippen LogP) is 3.51. The molecule has 2 rings (SSSR count). The first-order valence-corrected chi connectivity index (χ1v) is 6.56. The molecule has 0 radical (unpaired) electrons. The van der Waals surface area contributed by atoms with Crippen molar-refractivity contribution in [2.45, 2.75) is 20.4 Å². The summed E-state index contributed by atoms with van der Waals surface area (Å²) in [6.45, 7) is 5.44. The first kappa shape index (κ1) is 13.1. The van der Waals surface area contributed by atoms with E-state index in [0.29, 0.717) is 6.54 Å². The van der Waals surface area contributed by atoms with E-state index in [4.69, 9.17) is 0 Å². The van der Waals surface area contributed by atoms with Gasteiger partial charge < -0.3 is 5.32 Å². The minimum atomic E-state index is -0.228. The van der Waals surface area contributed by atoms with Crippen molar-refractivity contribution < 1.29 is 4.39 Å². The second-order valence-electron chi connectivity index (χ2n) is 4.15. The lowest BCUT2D eigenvalue weighted by atomic mass is 10.3. The molecular weight excluding hydrogens is 297 g/mol. The lowest BCUT2D eigenvalue weighted by Gasteiger charge is -2.08. The average molecular weight is 312 g/mol. The van der Waals surface area contributed by atoms with E-state index in [1.54, 1.807) is 6.07 Å². The molecule has 0 aliphatic heterocycles. The summed E-state index contributed by atoms with van der Waals surface area (Å²) in [5.41, 5.74) is 2.88. The maximum Gasteiger partial charge on any atom is 0.125 e. The van der Waals surface area contributed by atoms with Gasteiger partial charge in [-0.25, -0.2) is 4.39 Å². The maximum atomic E-state index is 13.0. The molecule has 0 amide bonds. The molecule has 0 saturated carbocycles. The van der Waals surface area contributed by atoms with Gasteiger partial charge >= 0.3 is 0 Å². The Hall–Kier alpha value is -1.36. The molecule has 18 heavy (non-hydrogen) atoms. The van der Waals surface area contributed by atoms with Gasteiger partial charge in [-0.05, 0) is 48.0 Å². The normalized spacial score (nSPS) is 10.7. The highest BCUT2D eigenvalue weighted by atomic mass is 79.9. The number of nitrogens with zero attached hydrogens (tertiary/aromatic N) is 2. The van der Waals surface area contributed by atoms with Crippen LogP contribution < -0.4 is 5.32 Å². The van der Waals surface area contributed by atoms with Crippen LogP contribution in [0.5, 0.6) is 0 Å². The van der Waals surface area contributed by atoms with Gasteiger partial charge in [0.15, 0.2) is 0 Å². The van der Waals surface area contributed by atoms with Crippen LogP contribution in [0.1, 0.15) is 11.4 Å². The van der Waals surface area contributed by atoms with Crippen molar-refractivity contribution in [1.29, 1.82) is 0 Å². The van der Waals surface area contributed by atoms with Crippen LogP contribution in [-0.2, 0) is 6.54 Å². The SMILES string of the molecule is Cc1nn(CCNc2cccc(F)c2)c(C)c1Br. The minimum absolute atomic E-state index is 0.228. The number of halogens is 2. The van der Waals surface area contributed by atoms with E-state index in [1.807, 2.05) is 24.6 Å². The molecule has 1 heterocycles. The highest BCUT2D eigenvalue weighted by Crippen LogP contribution is 2.19. The van der Waals surface area contributed by atoms with E-state index in [9.17, 15) is 4.39 Å². The zero-order valence-electron chi connectivity index (χ0n) is 10.4. The lowest BCUT2D eigenvalue weighted by molar-refractivity contribution is 0.613. The average Bonchev–Trinajstić information content (AvgIpc) is 2.57. The van der Waals surface area contributed by atoms with Gasteiger partial charge in [0.1, 0.15) is 5.82 Å². The molecule has 5 heteroatoms. The van der Waals surface area contributed by atoms with E-state index in [0.717, 1.165) is 28.1 Å². The largest absolute Gasteiger partial charge is 0.383 e. The third-order valence-corrected chi connectivity index (χ3v) is 3.92. The molecule has 0 saturated heterocycles. The van der Waals surface area contributed by atoms with E-state index < -0.39 is 0 Å². The van der Waals surface area contributed by atoms with Gasteiger partial charge in [-0.15, -0.1) is 0 Å². The molecule has 96 valence electrons. The van der Waals surface area contributed by atoms with Gasteiger partial charge in [0.05, 0.1) is 16.7 Å². The Kier molecular flexibility index (Phi) is 4.01. The summed E-state index contributed by atoms with van der Waals surface area (Å²) in [6, 6.07) is 6.46. The van der Waals surface area contributed by atoms with Crippen LogP contribution in [0.25, 0.3) is 0 Å². The Morgan fingerprint density at radius 2 is 2.17 bits per heavy atom. The number of aromatic nitrogens is 2. The first-order valence-electron chi connectivity index (χ1n) is 5.77. The third kappa shape index (κ3) is 2.90. The Labute approximate surface area is 114 Å². The third-order valence-electron chi connectivity index (χ3n) is 2.77. The summed E-state index contributed by atoms with van der Waals surface area (Å²) in [5.74, 6) is -0.228. The topological polar surface area (TPSA) is 29.9 Å². The fourth-order valence-electron chi connectivity index (χ4n) is 1.80. The fraction of sp³-hybridized carbons (Fsp3) is 0.308. The molecular formula is C13H15BrFN3. The Morgan fingerprint density at radius 3 is 2.78 bits per heavy atom. The van der Waals surface area contributed by atoms with Crippen LogP contribution in [-0.4, -0.2) is 16.3 Å². The quantitative estimate of drug-likeness (QED) is 0.936. The van der Waals surface area contributed by atoms with Crippen LogP contribution >= 0.6 is 15.9 Å². The summed E-state index contributed by atoms with van der Waals surface area (Å²) in [6.07, 6.45) is 0. The Morgan fingerprint density at radius 1 is 1.39 bits per heavy atom. The number of rotatable bonds is 4. The lowest BCUT2D eigenvalue weighted by Crippen LogP contribution is -2.12. The molecule has 2 aromatic rings. The smallest absolute Gasteiger partial charge is 0.125 e. The van der Waals surface area contributed by atoms with Gasteiger partial charge in [-0.1, -0.05) is 6.07 Å². The first-order chi connectivity index (χ1) is 8.58. The van der Waals surface area contributed by atoms with Gasteiger partial charge in [0.25, 0.3) is 0 Å². The van der Waals surface area contributed by atoms with E-state index in [-0.39, 0.29) is 5.82 Å². The molecule has 0 aliphatic carbocycles. The molecule has 1 aromatic heterocycles. The molecule has 0 aliphatic rings. The molecule has 1 aromatic carbocycles. The predicted molar refractivity (Wildman–Crippen MR) is 74.3 cm³/mol. The van der Waals surface area contributed by atoms with Crippen molar-refractivity contribution in [2.24, 2.45) is 0 Å². The zero-order chi connectivity index (χ0) is 13.1.